The molecule has 100 valence electrons. The van der Waals surface area contributed by atoms with Crippen LogP contribution in [-0.4, -0.2) is 34.5 Å². The molecule has 1 aromatic carbocycles. The molecule has 1 N–H and O–H groups in total. The first-order valence-electron chi connectivity index (χ1n) is 7.03. The summed E-state index contributed by atoms with van der Waals surface area (Å²) in [5, 5.41) is 0.671. The molecule has 0 atom stereocenters. The summed E-state index contributed by atoms with van der Waals surface area (Å²) in [4.78, 5) is 21.8. The van der Waals surface area contributed by atoms with Crippen LogP contribution >= 0.6 is 0 Å². The Bertz CT molecular complexity index is 614. The lowest BCUT2D eigenvalue weighted by Gasteiger charge is -2.25. The normalized spacial score (nSPS) is 16.8. The van der Waals surface area contributed by atoms with Gasteiger partial charge in [0, 0.05) is 13.0 Å². The Morgan fingerprint density at radius 3 is 2.79 bits per heavy atom. The van der Waals surface area contributed by atoms with Crippen molar-refractivity contribution in [1.29, 1.82) is 0 Å². The molecular weight excluding hydrogens is 238 g/mol. The topological polar surface area (TPSA) is 49.0 Å². The fraction of sp³-hybridized carbons (Fsp3) is 0.467. The van der Waals surface area contributed by atoms with E-state index in [0.717, 1.165) is 24.3 Å². The summed E-state index contributed by atoms with van der Waals surface area (Å²) in [5.74, 6) is 0.800. The van der Waals surface area contributed by atoms with Crippen molar-refractivity contribution in [3.63, 3.8) is 0 Å². The van der Waals surface area contributed by atoms with E-state index in [2.05, 4.69) is 14.9 Å². The van der Waals surface area contributed by atoms with Crippen LogP contribution in [-0.2, 0) is 6.42 Å². The zero-order chi connectivity index (χ0) is 13.1. The second-order valence-electron chi connectivity index (χ2n) is 5.18. The van der Waals surface area contributed by atoms with Crippen LogP contribution in [0.2, 0.25) is 0 Å². The monoisotopic (exact) mass is 257 g/mol. The number of rotatable bonds is 3. The smallest absolute Gasteiger partial charge is 0.258 e. The lowest BCUT2D eigenvalue weighted by Crippen LogP contribution is -2.32. The molecule has 4 nitrogen and oxygen atoms in total. The molecule has 4 heteroatoms. The molecule has 19 heavy (non-hydrogen) atoms. The molecule has 0 spiro atoms. The molecule has 0 bridgehead atoms. The van der Waals surface area contributed by atoms with E-state index in [4.69, 9.17) is 0 Å². The molecule has 2 aromatic rings. The summed E-state index contributed by atoms with van der Waals surface area (Å²) >= 11 is 0. The fourth-order valence-electron chi connectivity index (χ4n) is 2.70. The molecule has 1 fully saturated rings. The Balaban J connectivity index is 1.75. The van der Waals surface area contributed by atoms with Crippen LogP contribution in [0.4, 0.5) is 0 Å². The molecule has 0 saturated carbocycles. The van der Waals surface area contributed by atoms with E-state index >= 15 is 0 Å². The predicted octanol–water partition coefficient (Wildman–Crippen LogP) is 1.95. The number of fused-ring (bicyclic) bond motifs is 1. The van der Waals surface area contributed by atoms with Gasteiger partial charge >= 0.3 is 0 Å². The molecule has 1 saturated heterocycles. The van der Waals surface area contributed by atoms with Crippen molar-refractivity contribution in [3.8, 4) is 0 Å². The minimum absolute atomic E-state index is 0.0285. The SMILES string of the molecule is O=c1[nH]c(CCN2CCCCC2)nc2ccccc12. The Labute approximate surface area is 112 Å². The van der Waals surface area contributed by atoms with E-state index in [-0.39, 0.29) is 5.56 Å². The maximum Gasteiger partial charge on any atom is 0.258 e. The second kappa shape index (κ2) is 5.53. The number of piperidine rings is 1. The third kappa shape index (κ3) is 2.84. The van der Waals surface area contributed by atoms with Gasteiger partial charge in [-0.3, -0.25) is 4.79 Å². The van der Waals surface area contributed by atoms with Crippen molar-refractivity contribution in [2.75, 3.05) is 19.6 Å². The minimum Gasteiger partial charge on any atom is -0.310 e. The number of hydrogen-bond donors (Lipinski definition) is 1. The van der Waals surface area contributed by atoms with Gasteiger partial charge in [-0.05, 0) is 38.1 Å². The van der Waals surface area contributed by atoms with Crippen LogP contribution in [0.15, 0.2) is 29.1 Å². The van der Waals surface area contributed by atoms with Crippen LogP contribution in [0.3, 0.4) is 0 Å². The molecule has 0 amide bonds. The molecule has 0 unspecified atom stereocenters. The molecule has 1 aromatic heterocycles. The molecule has 0 aliphatic carbocycles. The highest BCUT2D eigenvalue weighted by molar-refractivity contribution is 5.77. The number of hydrogen-bond acceptors (Lipinski definition) is 3. The highest BCUT2D eigenvalue weighted by Crippen LogP contribution is 2.10. The van der Waals surface area contributed by atoms with Gasteiger partial charge in [-0.1, -0.05) is 18.6 Å². The molecule has 3 rings (SSSR count). The Morgan fingerprint density at radius 1 is 1.16 bits per heavy atom. The summed E-state index contributed by atoms with van der Waals surface area (Å²) in [7, 11) is 0. The zero-order valence-electron chi connectivity index (χ0n) is 11.1. The predicted molar refractivity (Wildman–Crippen MR) is 76.4 cm³/mol. The van der Waals surface area contributed by atoms with Crippen molar-refractivity contribution in [1.82, 2.24) is 14.9 Å². The van der Waals surface area contributed by atoms with E-state index in [1.807, 2.05) is 24.3 Å². The van der Waals surface area contributed by atoms with Crippen LogP contribution in [0.1, 0.15) is 25.1 Å². The molecule has 1 aliphatic heterocycles. The summed E-state index contributed by atoms with van der Waals surface area (Å²) in [5.41, 5.74) is 0.763. The Kier molecular flexibility index (Phi) is 3.60. The molecule has 1 aliphatic rings. The van der Waals surface area contributed by atoms with Crippen LogP contribution < -0.4 is 5.56 Å². The Hall–Kier alpha value is -1.68. The standard InChI is InChI=1S/C15H19N3O/c19-15-12-6-2-3-7-13(12)16-14(17-15)8-11-18-9-4-1-5-10-18/h2-3,6-7H,1,4-5,8-11H2,(H,16,17,19). The van der Waals surface area contributed by atoms with E-state index in [9.17, 15) is 4.79 Å². The Morgan fingerprint density at radius 2 is 1.95 bits per heavy atom. The number of nitrogens with zero attached hydrogens (tertiary/aromatic N) is 2. The number of nitrogens with one attached hydrogen (secondary N) is 1. The van der Waals surface area contributed by atoms with Crippen LogP contribution in [0.25, 0.3) is 10.9 Å². The first-order valence-corrected chi connectivity index (χ1v) is 7.03. The third-order valence-corrected chi connectivity index (χ3v) is 3.78. The van der Waals surface area contributed by atoms with Gasteiger partial charge in [0.2, 0.25) is 0 Å². The molecular formula is C15H19N3O. The van der Waals surface area contributed by atoms with E-state index < -0.39 is 0 Å². The van der Waals surface area contributed by atoms with Crippen LogP contribution in [0.5, 0.6) is 0 Å². The van der Waals surface area contributed by atoms with Crippen molar-refractivity contribution < 1.29 is 0 Å². The van der Waals surface area contributed by atoms with Crippen LogP contribution in [0, 0.1) is 0 Å². The highest BCUT2D eigenvalue weighted by atomic mass is 16.1. The average Bonchev–Trinajstić information content (AvgIpc) is 2.46. The van der Waals surface area contributed by atoms with Gasteiger partial charge < -0.3 is 9.88 Å². The maximum absolute atomic E-state index is 11.9. The van der Waals surface area contributed by atoms with Gasteiger partial charge in [0.05, 0.1) is 10.9 Å². The highest BCUT2D eigenvalue weighted by Gasteiger charge is 2.10. The van der Waals surface area contributed by atoms with Gasteiger partial charge in [0.1, 0.15) is 5.82 Å². The van der Waals surface area contributed by atoms with Gasteiger partial charge in [-0.25, -0.2) is 4.98 Å². The van der Waals surface area contributed by atoms with Crippen molar-refractivity contribution >= 4 is 10.9 Å². The van der Waals surface area contributed by atoms with E-state index in [0.29, 0.717) is 5.39 Å². The first kappa shape index (κ1) is 12.4. The summed E-state index contributed by atoms with van der Waals surface area (Å²) < 4.78 is 0. The van der Waals surface area contributed by atoms with E-state index in [1.165, 1.54) is 32.4 Å². The molecule has 2 heterocycles. The second-order valence-corrected chi connectivity index (χ2v) is 5.18. The largest absolute Gasteiger partial charge is 0.310 e. The summed E-state index contributed by atoms with van der Waals surface area (Å²) in [6.45, 7) is 3.34. The lowest BCUT2D eigenvalue weighted by molar-refractivity contribution is 0.230. The quantitative estimate of drug-likeness (QED) is 0.914. The first-order chi connectivity index (χ1) is 9.33. The number of likely N-dealkylation sites (tertiary alicyclic amines) is 1. The lowest BCUT2D eigenvalue weighted by atomic mass is 10.1. The molecule has 0 radical (unpaired) electrons. The number of H-pyrrole nitrogens is 1. The van der Waals surface area contributed by atoms with Crippen molar-refractivity contribution in [2.45, 2.75) is 25.7 Å². The van der Waals surface area contributed by atoms with Crippen molar-refractivity contribution in [3.05, 3.63) is 40.4 Å². The zero-order valence-corrected chi connectivity index (χ0v) is 11.1. The number of aromatic amines is 1. The number of benzene rings is 1. The number of aromatic nitrogens is 2. The third-order valence-electron chi connectivity index (χ3n) is 3.78. The fourth-order valence-corrected chi connectivity index (χ4v) is 2.70. The van der Waals surface area contributed by atoms with Gasteiger partial charge in [0.25, 0.3) is 5.56 Å². The van der Waals surface area contributed by atoms with E-state index in [1.54, 1.807) is 0 Å². The van der Waals surface area contributed by atoms with Crippen molar-refractivity contribution in [2.24, 2.45) is 0 Å². The van der Waals surface area contributed by atoms with Gasteiger partial charge in [-0.15, -0.1) is 0 Å². The number of para-hydroxylation sites is 1. The summed E-state index contributed by atoms with van der Waals surface area (Å²) in [6.07, 6.45) is 4.75. The average molecular weight is 257 g/mol. The summed E-state index contributed by atoms with van der Waals surface area (Å²) in [6, 6.07) is 7.50. The minimum atomic E-state index is -0.0285. The maximum atomic E-state index is 11.9. The van der Waals surface area contributed by atoms with Gasteiger partial charge in [-0.2, -0.15) is 0 Å². The van der Waals surface area contributed by atoms with Gasteiger partial charge in [0.15, 0.2) is 0 Å².